The number of anilines is 1. The topological polar surface area (TPSA) is 60.9 Å². The van der Waals surface area contributed by atoms with Gasteiger partial charge >= 0.3 is 0 Å². The molecule has 2 aliphatic rings. The normalized spacial score (nSPS) is 21.2. The number of rotatable bonds is 5. The van der Waals surface area contributed by atoms with Crippen LogP contribution in [0.4, 0.5) is 5.69 Å². The molecule has 6 nitrogen and oxygen atoms in total. The highest BCUT2D eigenvalue weighted by Gasteiger charge is 2.45. The van der Waals surface area contributed by atoms with E-state index in [1.165, 1.54) is 21.1 Å². The average molecular weight is 544 g/mol. The quantitative estimate of drug-likeness (QED) is 0.465. The molecule has 0 unspecified atom stereocenters. The summed E-state index contributed by atoms with van der Waals surface area (Å²) in [5.41, 5.74) is 4.74. The second-order valence-electron chi connectivity index (χ2n) is 9.54. The van der Waals surface area contributed by atoms with Gasteiger partial charge in [0.1, 0.15) is 4.21 Å². The summed E-state index contributed by atoms with van der Waals surface area (Å²) in [7, 11) is -3.72. The lowest BCUT2D eigenvalue weighted by atomic mass is 9.88. The van der Waals surface area contributed by atoms with Crippen molar-refractivity contribution in [2.24, 2.45) is 5.92 Å². The lowest BCUT2D eigenvalue weighted by molar-refractivity contribution is -0.135. The van der Waals surface area contributed by atoms with E-state index in [4.69, 9.17) is 11.6 Å². The number of nitrogens with zero attached hydrogens (tertiary/aromatic N) is 3. The Balaban J connectivity index is 1.35. The molecule has 9 heteroatoms. The molecule has 0 aliphatic carbocycles. The molecule has 5 rings (SSSR count). The SMILES string of the molecule is Cc1cccc(N2CCN(C(=O)[C@@H]3CN(S(=O)(=O)c4ccc(Cl)s4)C[C@H]3c3ccccc3)CC2)c1C. The van der Waals surface area contributed by atoms with E-state index >= 15 is 0 Å². The summed E-state index contributed by atoms with van der Waals surface area (Å²) in [6, 6.07) is 19.3. The van der Waals surface area contributed by atoms with Gasteiger partial charge in [-0.1, -0.05) is 54.1 Å². The molecular weight excluding hydrogens is 514 g/mol. The van der Waals surface area contributed by atoms with Crippen molar-refractivity contribution in [3.63, 3.8) is 0 Å². The summed E-state index contributed by atoms with van der Waals surface area (Å²) in [6.45, 7) is 7.47. The van der Waals surface area contributed by atoms with E-state index in [2.05, 4.69) is 36.9 Å². The fraction of sp³-hybridized carbons (Fsp3) is 0.370. The van der Waals surface area contributed by atoms with Gasteiger partial charge in [0.25, 0.3) is 10.0 Å². The molecule has 2 atom stereocenters. The minimum Gasteiger partial charge on any atom is -0.368 e. The van der Waals surface area contributed by atoms with Crippen molar-refractivity contribution in [3.8, 4) is 0 Å². The van der Waals surface area contributed by atoms with Crippen molar-refractivity contribution in [3.05, 3.63) is 81.7 Å². The molecule has 2 aromatic carbocycles. The Bertz CT molecular complexity index is 1350. The maximum atomic E-state index is 13.8. The lowest BCUT2D eigenvalue weighted by Gasteiger charge is -2.38. The molecule has 0 spiro atoms. The van der Waals surface area contributed by atoms with Crippen molar-refractivity contribution in [2.45, 2.75) is 24.0 Å². The fourth-order valence-corrected chi connectivity index (χ4v) is 8.43. The van der Waals surface area contributed by atoms with Gasteiger partial charge < -0.3 is 9.80 Å². The molecular formula is C27H30ClN3O3S2. The van der Waals surface area contributed by atoms with Gasteiger partial charge in [0.15, 0.2) is 0 Å². The van der Waals surface area contributed by atoms with E-state index in [1.807, 2.05) is 35.2 Å². The van der Waals surface area contributed by atoms with Crippen LogP contribution in [0.15, 0.2) is 64.9 Å². The summed E-state index contributed by atoms with van der Waals surface area (Å²) in [6.07, 6.45) is 0. The molecule has 190 valence electrons. The van der Waals surface area contributed by atoms with Gasteiger partial charge in [0.2, 0.25) is 5.91 Å². The first kappa shape index (κ1) is 25.3. The molecule has 36 heavy (non-hydrogen) atoms. The Hall–Kier alpha value is -2.39. The van der Waals surface area contributed by atoms with Gasteiger partial charge in [0, 0.05) is 50.9 Å². The molecule has 2 saturated heterocycles. The molecule has 1 amide bonds. The predicted molar refractivity (Wildman–Crippen MR) is 145 cm³/mol. The van der Waals surface area contributed by atoms with Gasteiger partial charge in [-0.3, -0.25) is 4.79 Å². The molecule has 2 aliphatic heterocycles. The lowest BCUT2D eigenvalue weighted by Crippen LogP contribution is -2.51. The van der Waals surface area contributed by atoms with Crippen molar-refractivity contribution in [1.29, 1.82) is 0 Å². The van der Waals surface area contributed by atoms with Crippen LogP contribution in [0.1, 0.15) is 22.6 Å². The molecule has 3 heterocycles. The largest absolute Gasteiger partial charge is 0.368 e. The Morgan fingerprint density at radius 1 is 0.917 bits per heavy atom. The van der Waals surface area contributed by atoms with E-state index in [0.717, 1.165) is 30.0 Å². The summed E-state index contributed by atoms with van der Waals surface area (Å²) in [4.78, 5) is 18.1. The third-order valence-corrected chi connectivity index (χ3v) is 11.0. The summed E-state index contributed by atoms with van der Waals surface area (Å²) in [5, 5.41) is 0. The first-order valence-electron chi connectivity index (χ1n) is 12.2. The first-order chi connectivity index (χ1) is 17.3. The van der Waals surface area contributed by atoms with Crippen molar-refractivity contribution >= 4 is 44.6 Å². The maximum absolute atomic E-state index is 13.8. The van der Waals surface area contributed by atoms with Crippen LogP contribution in [-0.4, -0.2) is 62.8 Å². The van der Waals surface area contributed by atoms with Crippen LogP contribution in [0.25, 0.3) is 0 Å². The van der Waals surface area contributed by atoms with Crippen LogP contribution in [0.3, 0.4) is 0 Å². The smallest absolute Gasteiger partial charge is 0.252 e. The predicted octanol–water partition coefficient (Wildman–Crippen LogP) is 4.77. The molecule has 3 aromatic rings. The maximum Gasteiger partial charge on any atom is 0.252 e. The van der Waals surface area contributed by atoms with Gasteiger partial charge in [-0.2, -0.15) is 4.31 Å². The highest BCUT2D eigenvalue weighted by Crippen LogP contribution is 2.39. The van der Waals surface area contributed by atoms with Gasteiger partial charge in [-0.15, -0.1) is 11.3 Å². The number of thiophene rings is 1. The van der Waals surface area contributed by atoms with Gasteiger partial charge in [0.05, 0.1) is 10.3 Å². The molecule has 0 radical (unpaired) electrons. The third-order valence-electron chi connectivity index (χ3n) is 7.48. The first-order valence-corrected chi connectivity index (χ1v) is 14.8. The van der Waals surface area contributed by atoms with Crippen LogP contribution in [-0.2, 0) is 14.8 Å². The van der Waals surface area contributed by atoms with Crippen molar-refractivity contribution < 1.29 is 13.2 Å². The third kappa shape index (κ3) is 4.79. The van der Waals surface area contributed by atoms with Gasteiger partial charge in [-0.05, 0) is 48.7 Å². The number of piperazine rings is 1. The zero-order chi connectivity index (χ0) is 25.4. The Morgan fingerprint density at radius 3 is 2.31 bits per heavy atom. The molecule has 1 aromatic heterocycles. The Kier molecular flexibility index (Phi) is 7.14. The number of sulfonamides is 1. The number of halogens is 1. The number of amides is 1. The van der Waals surface area contributed by atoms with Crippen LogP contribution < -0.4 is 4.90 Å². The fourth-order valence-electron chi connectivity index (χ4n) is 5.30. The molecule has 0 saturated carbocycles. The number of benzene rings is 2. The summed E-state index contributed by atoms with van der Waals surface area (Å²) < 4.78 is 28.9. The van der Waals surface area contributed by atoms with Crippen LogP contribution in [0.5, 0.6) is 0 Å². The Labute approximate surface area is 222 Å². The second-order valence-corrected chi connectivity index (χ2v) is 13.4. The van der Waals surface area contributed by atoms with E-state index in [9.17, 15) is 13.2 Å². The highest BCUT2D eigenvalue weighted by molar-refractivity contribution is 7.91. The van der Waals surface area contributed by atoms with Crippen LogP contribution >= 0.6 is 22.9 Å². The van der Waals surface area contributed by atoms with Gasteiger partial charge in [-0.25, -0.2) is 8.42 Å². The molecule has 2 fully saturated rings. The second kappa shape index (κ2) is 10.2. The monoisotopic (exact) mass is 543 g/mol. The Morgan fingerprint density at radius 2 is 1.64 bits per heavy atom. The van der Waals surface area contributed by atoms with E-state index in [1.54, 1.807) is 12.1 Å². The summed E-state index contributed by atoms with van der Waals surface area (Å²) in [5.74, 6) is -0.586. The number of hydrogen-bond donors (Lipinski definition) is 0. The van der Waals surface area contributed by atoms with Crippen LogP contribution in [0, 0.1) is 19.8 Å². The highest BCUT2D eigenvalue weighted by atomic mass is 35.5. The number of carbonyl (C=O) groups excluding carboxylic acids is 1. The van der Waals surface area contributed by atoms with E-state index < -0.39 is 15.9 Å². The van der Waals surface area contributed by atoms with Crippen molar-refractivity contribution in [1.82, 2.24) is 9.21 Å². The van der Waals surface area contributed by atoms with Crippen LogP contribution in [0.2, 0.25) is 4.34 Å². The zero-order valence-electron chi connectivity index (χ0n) is 20.4. The molecule has 0 bridgehead atoms. The number of aryl methyl sites for hydroxylation is 1. The average Bonchev–Trinajstić information content (AvgIpc) is 3.54. The minimum atomic E-state index is -3.72. The zero-order valence-corrected chi connectivity index (χ0v) is 22.8. The van der Waals surface area contributed by atoms with E-state index in [-0.39, 0.29) is 29.1 Å². The number of carbonyl (C=O) groups is 1. The molecule has 0 N–H and O–H groups in total. The van der Waals surface area contributed by atoms with Crippen molar-refractivity contribution in [2.75, 3.05) is 44.2 Å². The summed E-state index contributed by atoms with van der Waals surface area (Å²) >= 11 is 7.07. The standard InChI is InChI=1S/C27H30ClN3O3S2/c1-19-7-6-10-24(20(19)2)29-13-15-30(16-14-29)27(32)23-18-31(17-22(23)21-8-4-3-5-9-21)36(33,34)26-12-11-25(28)35-26/h3-12,22-23H,13-18H2,1-2H3/t22-,23+/m0/s1. The number of hydrogen-bond acceptors (Lipinski definition) is 5. The minimum absolute atomic E-state index is 0.0337. The van der Waals surface area contributed by atoms with E-state index in [0.29, 0.717) is 17.4 Å².